The van der Waals surface area contributed by atoms with Crippen molar-refractivity contribution in [2.45, 2.75) is 19.5 Å². The maximum absolute atomic E-state index is 11.8. The summed E-state index contributed by atoms with van der Waals surface area (Å²) in [6, 6.07) is 0. The number of aliphatic hydroxyl groups is 2. The van der Waals surface area contributed by atoms with Gasteiger partial charge in [-0.15, -0.1) is 0 Å². The molecule has 3 N–H and O–H groups in total. The molecule has 0 aliphatic rings. The van der Waals surface area contributed by atoms with E-state index in [1.807, 2.05) is 0 Å². The Balaban J connectivity index is 2.69. The fourth-order valence-electron chi connectivity index (χ4n) is 1.33. The van der Waals surface area contributed by atoms with E-state index in [0.717, 1.165) is 0 Å². The number of carbonyl (C=O) groups excluding carboxylic acids is 1. The van der Waals surface area contributed by atoms with Crippen molar-refractivity contribution in [3.8, 4) is 0 Å². The first-order chi connectivity index (χ1) is 8.67. The molecule has 1 heterocycles. The summed E-state index contributed by atoms with van der Waals surface area (Å²) in [7, 11) is 2.89. The van der Waals surface area contributed by atoms with Crippen molar-refractivity contribution in [3.63, 3.8) is 0 Å². The molecule has 0 atom stereocenters. The van der Waals surface area contributed by atoms with E-state index in [1.54, 1.807) is 0 Å². The summed E-state index contributed by atoms with van der Waals surface area (Å²) in [5.74, 6) is -0.473. The Hall–Kier alpha value is -1.48. The van der Waals surface area contributed by atoms with Crippen LogP contribution in [0, 0.1) is 0 Å². The first kappa shape index (κ1) is 14.6. The number of aliphatic hydroxyl groups excluding tert-OH is 2. The number of nitrogens with zero attached hydrogens (tertiary/aromatic N) is 1. The molecule has 0 aliphatic carbocycles. The van der Waals surface area contributed by atoms with Crippen LogP contribution in [0.25, 0.3) is 0 Å². The normalized spacial score (nSPS) is 10.9. The Labute approximate surface area is 103 Å². The molecule has 0 radical (unpaired) electrons. The molecular formula is C10H16N2O6. The van der Waals surface area contributed by atoms with Gasteiger partial charge in [-0.25, -0.2) is 0 Å². The Kier molecular flexibility index (Phi) is 5.72. The van der Waals surface area contributed by atoms with Crippen LogP contribution in [0.15, 0.2) is 4.52 Å². The Morgan fingerprint density at radius 1 is 1.39 bits per heavy atom. The molecule has 8 heteroatoms. The van der Waals surface area contributed by atoms with Crippen LogP contribution in [-0.4, -0.2) is 48.3 Å². The highest BCUT2D eigenvalue weighted by atomic mass is 16.7. The maximum atomic E-state index is 11.8. The molecule has 0 aromatic carbocycles. The Bertz CT molecular complexity index is 388. The van der Waals surface area contributed by atoms with Crippen molar-refractivity contribution in [1.29, 1.82) is 0 Å². The van der Waals surface area contributed by atoms with Crippen LogP contribution in [-0.2, 0) is 22.7 Å². The van der Waals surface area contributed by atoms with E-state index < -0.39 is 25.4 Å². The second-order valence-electron chi connectivity index (χ2n) is 3.36. The molecule has 0 saturated carbocycles. The van der Waals surface area contributed by atoms with Gasteiger partial charge >= 0.3 is 0 Å². The number of rotatable bonds is 7. The lowest BCUT2D eigenvalue weighted by Gasteiger charge is -2.13. The van der Waals surface area contributed by atoms with Gasteiger partial charge in [0.05, 0.1) is 18.7 Å². The average Bonchev–Trinajstić information content (AvgIpc) is 2.82. The second kappa shape index (κ2) is 7.07. The van der Waals surface area contributed by atoms with E-state index in [0.29, 0.717) is 0 Å². The van der Waals surface area contributed by atoms with Gasteiger partial charge in [0.25, 0.3) is 5.91 Å². The zero-order valence-electron chi connectivity index (χ0n) is 10.2. The van der Waals surface area contributed by atoms with Gasteiger partial charge in [0.2, 0.25) is 0 Å². The van der Waals surface area contributed by atoms with Gasteiger partial charge in [-0.2, -0.15) is 0 Å². The molecule has 0 saturated heterocycles. The number of hydrogen-bond donors (Lipinski definition) is 3. The maximum Gasteiger partial charge on any atom is 0.274 e. The van der Waals surface area contributed by atoms with E-state index >= 15 is 0 Å². The fourth-order valence-corrected chi connectivity index (χ4v) is 1.33. The zero-order valence-corrected chi connectivity index (χ0v) is 10.2. The van der Waals surface area contributed by atoms with Crippen molar-refractivity contribution >= 4 is 5.91 Å². The first-order valence-electron chi connectivity index (χ1n) is 5.20. The number of hydrogen-bond acceptors (Lipinski definition) is 7. The number of methoxy groups -OCH3 is 2. The quantitative estimate of drug-likeness (QED) is 0.539. The summed E-state index contributed by atoms with van der Waals surface area (Å²) in [6.07, 6.45) is -0.573. The van der Waals surface area contributed by atoms with Gasteiger partial charge in [-0.3, -0.25) is 4.79 Å². The minimum atomic E-state index is -0.573. The molecule has 18 heavy (non-hydrogen) atoms. The molecule has 1 aromatic rings. The van der Waals surface area contributed by atoms with Gasteiger partial charge < -0.3 is 29.5 Å². The van der Waals surface area contributed by atoms with Crippen molar-refractivity contribution in [2.75, 3.05) is 20.8 Å². The molecule has 0 bridgehead atoms. The predicted molar refractivity (Wildman–Crippen MR) is 58.5 cm³/mol. The van der Waals surface area contributed by atoms with Crippen molar-refractivity contribution in [3.05, 3.63) is 17.0 Å². The summed E-state index contributed by atoms with van der Waals surface area (Å²) < 4.78 is 14.5. The minimum Gasteiger partial charge on any atom is -0.391 e. The van der Waals surface area contributed by atoms with Crippen LogP contribution >= 0.6 is 0 Å². The van der Waals surface area contributed by atoms with Crippen LogP contribution in [0.2, 0.25) is 0 Å². The number of aromatic nitrogens is 1. The standard InChI is InChI=1S/C10H16N2O6/c1-16-8(17-2)3-11-10(15)9-6(4-13)7(5-14)18-12-9/h8,13-14H,3-5H2,1-2H3,(H,11,15). The highest BCUT2D eigenvalue weighted by Gasteiger charge is 2.21. The van der Waals surface area contributed by atoms with Crippen molar-refractivity contribution in [2.24, 2.45) is 0 Å². The van der Waals surface area contributed by atoms with E-state index in [-0.39, 0.29) is 23.6 Å². The summed E-state index contributed by atoms with van der Waals surface area (Å²) in [6.45, 7) is -0.757. The largest absolute Gasteiger partial charge is 0.391 e. The lowest BCUT2D eigenvalue weighted by Crippen LogP contribution is -2.34. The van der Waals surface area contributed by atoms with Gasteiger partial charge in [0, 0.05) is 14.2 Å². The smallest absolute Gasteiger partial charge is 0.274 e. The van der Waals surface area contributed by atoms with E-state index in [1.165, 1.54) is 14.2 Å². The lowest BCUT2D eigenvalue weighted by molar-refractivity contribution is -0.0974. The summed E-state index contributed by atoms with van der Waals surface area (Å²) in [5, 5.41) is 24.0. The fraction of sp³-hybridized carbons (Fsp3) is 0.600. The molecule has 0 aliphatic heterocycles. The first-order valence-corrected chi connectivity index (χ1v) is 5.20. The second-order valence-corrected chi connectivity index (χ2v) is 3.36. The average molecular weight is 260 g/mol. The molecule has 0 unspecified atom stereocenters. The van der Waals surface area contributed by atoms with Gasteiger partial charge in [0.1, 0.15) is 6.61 Å². The van der Waals surface area contributed by atoms with Crippen LogP contribution in [0.3, 0.4) is 0 Å². The zero-order chi connectivity index (χ0) is 13.5. The third-order valence-electron chi connectivity index (χ3n) is 2.34. The third-order valence-corrected chi connectivity index (χ3v) is 2.34. The monoisotopic (exact) mass is 260 g/mol. The molecule has 8 nitrogen and oxygen atoms in total. The highest BCUT2D eigenvalue weighted by molar-refractivity contribution is 5.93. The van der Waals surface area contributed by atoms with Crippen LogP contribution in [0.5, 0.6) is 0 Å². The molecule has 0 fully saturated rings. The lowest BCUT2D eigenvalue weighted by atomic mass is 10.2. The molecule has 102 valence electrons. The van der Waals surface area contributed by atoms with Crippen LogP contribution in [0.4, 0.5) is 0 Å². The Morgan fingerprint density at radius 2 is 2.06 bits per heavy atom. The summed E-state index contributed by atoms with van der Waals surface area (Å²) in [5.41, 5.74) is 0.105. The molecular weight excluding hydrogens is 244 g/mol. The van der Waals surface area contributed by atoms with Crippen molar-refractivity contribution in [1.82, 2.24) is 10.5 Å². The highest BCUT2D eigenvalue weighted by Crippen LogP contribution is 2.14. The number of amides is 1. The topological polar surface area (TPSA) is 114 Å². The van der Waals surface area contributed by atoms with E-state index in [4.69, 9.17) is 24.2 Å². The van der Waals surface area contributed by atoms with Gasteiger partial charge in [0.15, 0.2) is 17.7 Å². The van der Waals surface area contributed by atoms with E-state index in [2.05, 4.69) is 10.5 Å². The van der Waals surface area contributed by atoms with E-state index in [9.17, 15) is 4.79 Å². The molecule has 0 spiro atoms. The minimum absolute atomic E-state index is 0.0625. The van der Waals surface area contributed by atoms with Gasteiger partial charge in [-0.05, 0) is 0 Å². The number of ether oxygens (including phenoxy) is 2. The molecule has 1 rings (SSSR count). The van der Waals surface area contributed by atoms with Crippen molar-refractivity contribution < 1.29 is 29.0 Å². The van der Waals surface area contributed by atoms with Crippen LogP contribution < -0.4 is 5.32 Å². The molecule has 1 aromatic heterocycles. The molecule has 1 amide bonds. The van der Waals surface area contributed by atoms with Gasteiger partial charge in [-0.1, -0.05) is 5.16 Å². The summed E-state index contributed by atoms with van der Waals surface area (Å²) in [4.78, 5) is 11.8. The Morgan fingerprint density at radius 3 is 2.56 bits per heavy atom. The SMILES string of the molecule is COC(CNC(=O)c1noc(CO)c1CO)OC. The predicted octanol–water partition coefficient (Wildman–Crippen LogP) is -0.992. The number of nitrogens with one attached hydrogen (secondary N) is 1. The number of carbonyl (C=O) groups is 1. The van der Waals surface area contributed by atoms with Crippen LogP contribution in [0.1, 0.15) is 21.8 Å². The summed E-state index contributed by atoms with van der Waals surface area (Å²) >= 11 is 0. The third kappa shape index (κ3) is 3.26.